The molecule has 0 aliphatic rings. The molecule has 2 N–H and O–H groups in total. The number of nitrogens with zero attached hydrogens (tertiary/aromatic N) is 1. The minimum atomic E-state index is -0.313. The lowest BCUT2D eigenvalue weighted by Gasteiger charge is -2.10. The van der Waals surface area contributed by atoms with E-state index in [1.165, 1.54) is 18.3 Å². The summed E-state index contributed by atoms with van der Waals surface area (Å²) in [5, 5.41) is 5.93. The SMILES string of the molecule is O=C(Nc1ccc(Oc2ccccc2)cc1)c1cncc(Nc2ccc(F)cc2)c1. The number of ether oxygens (including phenoxy) is 1. The molecule has 3 aromatic carbocycles. The Morgan fingerprint density at radius 2 is 1.43 bits per heavy atom. The van der Waals surface area contributed by atoms with Gasteiger partial charge in [-0.1, -0.05) is 18.2 Å². The van der Waals surface area contributed by atoms with E-state index in [0.717, 1.165) is 5.75 Å². The van der Waals surface area contributed by atoms with Crippen LogP contribution in [0.15, 0.2) is 97.3 Å². The number of hydrogen-bond acceptors (Lipinski definition) is 4. The van der Waals surface area contributed by atoms with E-state index in [9.17, 15) is 9.18 Å². The van der Waals surface area contributed by atoms with Gasteiger partial charge in [-0.3, -0.25) is 9.78 Å². The minimum absolute atomic E-state index is 0.290. The molecule has 1 aromatic heterocycles. The average molecular weight is 399 g/mol. The van der Waals surface area contributed by atoms with Gasteiger partial charge in [-0.15, -0.1) is 0 Å². The number of benzene rings is 3. The maximum atomic E-state index is 13.0. The molecule has 30 heavy (non-hydrogen) atoms. The van der Waals surface area contributed by atoms with Crippen LogP contribution in [0.5, 0.6) is 11.5 Å². The Balaban J connectivity index is 1.40. The summed E-state index contributed by atoms with van der Waals surface area (Å²) in [7, 11) is 0. The number of hydrogen-bond donors (Lipinski definition) is 2. The summed E-state index contributed by atoms with van der Waals surface area (Å²) in [5.41, 5.74) is 2.36. The molecule has 0 spiro atoms. The summed E-state index contributed by atoms with van der Waals surface area (Å²) in [6, 6.07) is 24.2. The van der Waals surface area contributed by atoms with Crippen LogP contribution in [0.1, 0.15) is 10.4 Å². The number of aromatic nitrogens is 1. The van der Waals surface area contributed by atoms with Gasteiger partial charge in [0.1, 0.15) is 17.3 Å². The Labute approximate surface area is 173 Å². The maximum Gasteiger partial charge on any atom is 0.257 e. The van der Waals surface area contributed by atoms with E-state index in [4.69, 9.17) is 4.74 Å². The molecule has 0 saturated heterocycles. The van der Waals surface area contributed by atoms with Crippen LogP contribution in [0.2, 0.25) is 0 Å². The Bertz CT molecular complexity index is 1130. The molecule has 5 nitrogen and oxygen atoms in total. The molecular formula is C24H18FN3O2. The monoisotopic (exact) mass is 399 g/mol. The summed E-state index contributed by atoms with van der Waals surface area (Å²) < 4.78 is 18.8. The molecule has 0 radical (unpaired) electrons. The lowest BCUT2D eigenvalue weighted by molar-refractivity contribution is 0.102. The molecule has 0 aliphatic heterocycles. The van der Waals surface area contributed by atoms with Crippen molar-refractivity contribution in [2.45, 2.75) is 0 Å². The topological polar surface area (TPSA) is 63.2 Å². The van der Waals surface area contributed by atoms with Crippen LogP contribution < -0.4 is 15.4 Å². The van der Waals surface area contributed by atoms with Gasteiger partial charge >= 0.3 is 0 Å². The van der Waals surface area contributed by atoms with E-state index in [1.54, 1.807) is 48.7 Å². The van der Waals surface area contributed by atoms with Crippen molar-refractivity contribution < 1.29 is 13.9 Å². The molecular weight excluding hydrogens is 381 g/mol. The number of halogens is 1. The summed E-state index contributed by atoms with van der Waals surface area (Å²) in [5.74, 6) is 0.811. The summed E-state index contributed by atoms with van der Waals surface area (Å²) in [6.45, 7) is 0. The van der Waals surface area contributed by atoms with E-state index in [1.807, 2.05) is 30.3 Å². The lowest BCUT2D eigenvalue weighted by Crippen LogP contribution is -2.12. The van der Waals surface area contributed by atoms with Gasteiger partial charge in [0.05, 0.1) is 17.4 Å². The van der Waals surface area contributed by atoms with Gasteiger partial charge in [-0.05, 0) is 66.7 Å². The number of nitrogens with one attached hydrogen (secondary N) is 2. The van der Waals surface area contributed by atoms with E-state index in [2.05, 4.69) is 15.6 Å². The fraction of sp³-hybridized carbons (Fsp3) is 0. The van der Waals surface area contributed by atoms with Crippen LogP contribution in [-0.4, -0.2) is 10.9 Å². The zero-order valence-electron chi connectivity index (χ0n) is 15.9. The van der Waals surface area contributed by atoms with Gasteiger partial charge in [0.2, 0.25) is 0 Å². The second-order valence-electron chi connectivity index (χ2n) is 6.49. The first-order valence-electron chi connectivity index (χ1n) is 9.28. The van der Waals surface area contributed by atoms with Crippen molar-refractivity contribution in [1.82, 2.24) is 4.98 Å². The number of para-hydroxylation sites is 1. The summed E-state index contributed by atoms with van der Waals surface area (Å²) in [6.07, 6.45) is 3.08. The second-order valence-corrected chi connectivity index (χ2v) is 6.49. The van der Waals surface area contributed by atoms with Crippen molar-refractivity contribution in [3.63, 3.8) is 0 Å². The van der Waals surface area contributed by atoms with E-state index in [0.29, 0.717) is 28.4 Å². The molecule has 0 unspecified atom stereocenters. The largest absolute Gasteiger partial charge is 0.457 e. The number of anilines is 3. The van der Waals surface area contributed by atoms with Crippen molar-refractivity contribution >= 4 is 23.0 Å². The van der Waals surface area contributed by atoms with E-state index in [-0.39, 0.29) is 11.7 Å². The van der Waals surface area contributed by atoms with E-state index < -0.39 is 0 Å². The Morgan fingerprint density at radius 1 is 0.767 bits per heavy atom. The highest BCUT2D eigenvalue weighted by molar-refractivity contribution is 6.04. The first kappa shape index (κ1) is 19.1. The molecule has 0 bridgehead atoms. The standard InChI is InChI=1S/C24H18FN3O2/c25-18-6-8-19(9-7-18)27-21-14-17(15-26-16-21)24(29)28-20-10-12-23(13-11-20)30-22-4-2-1-3-5-22/h1-16,27H,(H,28,29). The summed E-state index contributed by atoms with van der Waals surface area (Å²) in [4.78, 5) is 16.7. The molecule has 0 aliphatic carbocycles. The van der Waals surface area contributed by atoms with Crippen molar-refractivity contribution in [3.8, 4) is 11.5 Å². The van der Waals surface area contributed by atoms with Crippen LogP contribution in [0, 0.1) is 5.82 Å². The highest BCUT2D eigenvalue weighted by atomic mass is 19.1. The van der Waals surface area contributed by atoms with Gasteiger partial charge in [0.15, 0.2) is 0 Å². The quantitative estimate of drug-likeness (QED) is 0.417. The lowest BCUT2D eigenvalue weighted by atomic mass is 10.2. The van der Waals surface area contributed by atoms with Crippen molar-refractivity contribution in [2.24, 2.45) is 0 Å². The number of pyridine rings is 1. The third kappa shape index (κ3) is 4.99. The maximum absolute atomic E-state index is 13.0. The Kier molecular flexibility index (Phi) is 5.66. The first-order valence-corrected chi connectivity index (χ1v) is 9.28. The molecule has 1 heterocycles. The fourth-order valence-corrected chi connectivity index (χ4v) is 2.77. The van der Waals surface area contributed by atoms with E-state index >= 15 is 0 Å². The summed E-state index contributed by atoms with van der Waals surface area (Å²) >= 11 is 0. The molecule has 0 saturated carbocycles. The minimum Gasteiger partial charge on any atom is -0.457 e. The predicted octanol–water partition coefficient (Wildman–Crippen LogP) is 6.01. The van der Waals surface area contributed by atoms with Gasteiger partial charge < -0.3 is 15.4 Å². The van der Waals surface area contributed by atoms with Crippen LogP contribution in [0.4, 0.5) is 21.5 Å². The Hall–Kier alpha value is -4.19. The highest BCUT2D eigenvalue weighted by Crippen LogP contribution is 2.23. The first-order chi connectivity index (χ1) is 14.7. The van der Waals surface area contributed by atoms with Crippen LogP contribution >= 0.6 is 0 Å². The molecule has 0 fully saturated rings. The molecule has 148 valence electrons. The van der Waals surface area contributed by atoms with Gasteiger partial charge in [-0.25, -0.2) is 4.39 Å². The van der Waals surface area contributed by atoms with Crippen LogP contribution in [0.3, 0.4) is 0 Å². The number of carbonyl (C=O) groups excluding carboxylic acids is 1. The third-order valence-electron chi connectivity index (χ3n) is 4.22. The highest BCUT2D eigenvalue weighted by Gasteiger charge is 2.08. The molecule has 1 amide bonds. The van der Waals surface area contributed by atoms with Crippen molar-refractivity contribution in [2.75, 3.05) is 10.6 Å². The molecule has 4 rings (SSSR count). The normalized spacial score (nSPS) is 10.3. The zero-order chi connectivity index (χ0) is 20.8. The van der Waals surface area contributed by atoms with Crippen molar-refractivity contribution in [1.29, 1.82) is 0 Å². The fourth-order valence-electron chi connectivity index (χ4n) is 2.77. The predicted molar refractivity (Wildman–Crippen MR) is 115 cm³/mol. The van der Waals surface area contributed by atoms with Gasteiger partial charge in [-0.2, -0.15) is 0 Å². The van der Waals surface area contributed by atoms with Gasteiger partial charge in [0, 0.05) is 17.6 Å². The third-order valence-corrected chi connectivity index (χ3v) is 4.22. The van der Waals surface area contributed by atoms with Crippen LogP contribution in [-0.2, 0) is 0 Å². The zero-order valence-corrected chi connectivity index (χ0v) is 15.9. The average Bonchev–Trinajstić information content (AvgIpc) is 2.78. The molecule has 4 aromatic rings. The number of rotatable bonds is 6. The smallest absolute Gasteiger partial charge is 0.257 e. The number of amides is 1. The molecule has 6 heteroatoms. The van der Waals surface area contributed by atoms with Crippen molar-refractivity contribution in [3.05, 3.63) is 109 Å². The van der Waals surface area contributed by atoms with Crippen LogP contribution in [0.25, 0.3) is 0 Å². The number of carbonyl (C=O) groups is 1. The van der Waals surface area contributed by atoms with Gasteiger partial charge in [0.25, 0.3) is 5.91 Å². The Morgan fingerprint density at radius 3 is 2.17 bits per heavy atom. The molecule has 0 atom stereocenters. The second kappa shape index (κ2) is 8.87.